The van der Waals surface area contributed by atoms with Gasteiger partial charge < -0.3 is 5.32 Å². The smallest absolute Gasteiger partial charge is 0.0383 e. The van der Waals surface area contributed by atoms with E-state index in [4.69, 9.17) is 0 Å². The summed E-state index contributed by atoms with van der Waals surface area (Å²) in [7, 11) is 0. The Bertz CT molecular complexity index is 364. The summed E-state index contributed by atoms with van der Waals surface area (Å²) in [6, 6.07) is 4.38. The van der Waals surface area contributed by atoms with Crippen LogP contribution in [0.5, 0.6) is 0 Å². The molecule has 0 radical (unpaired) electrons. The monoisotopic (exact) mass is 201 g/mol. The summed E-state index contributed by atoms with van der Waals surface area (Å²) in [5.41, 5.74) is 5.14. The summed E-state index contributed by atoms with van der Waals surface area (Å²) in [6.45, 7) is 12.6. The van der Waals surface area contributed by atoms with Crippen molar-refractivity contribution in [2.24, 2.45) is 0 Å². The molecule has 0 saturated carbocycles. The number of rotatable bonds is 5. The molecule has 0 heterocycles. The van der Waals surface area contributed by atoms with Gasteiger partial charge in [-0.2, -0.15) is 0 Å². The number of nitrogens with one attached hydrogen (secondary N) is 1. The van der Waals surface area contributed by atoms with Crippen LogP contribution in [0.3, 0.4) is 0 Å². The van der Waals surface area contributed by atoms with Gasteiger partial charge in [0.2, 0.25) is 0 Å². The molecule has 80 valence electrons. The average Bonchev–Trinajstić information content (AvgIpc) is 2.19. The zero-order valence-electron chi connectivity index (χ0n) is 9.64. The van der Waals surface area contributed by atoms with E-state index in [0.717, 1.165) is 13.0 Å². The first-order valence-electron chi connectivity index (χ1n) is 5.24. The van der Waals surface area contributed by atoms with Crippen molar-refractivity contribution >= 4 is 5.69 Å². The van der Waals surface area contributed by atoms with E-state index in [1.54, 1.807) is 0 Å². The van der Waals surface area contributed by atoms with Gasteiger partial charge >= 0.3 is 0 Å². The lowest BCUT2D eigenvalue weighted by Gasteiger charge is -2.13. The Hall–Kier alpha value is -1.50. The van der Waals surface area contributed by atoms with Crippen LogP contribution in [0.1, 0.15) is 16.7 Å². The highest BCUT2D eigenvalue weighted by molar-refractivity contribution is 5.57. The summed E-state index contributed by atoms with van der Waals surface area (Å²) in [5, 5.41) is 3.36. The number of aryl methyl sites for hydroxylation is 2. The maximum atomic E-state index is 3.79. The Morgan fingerprint density at radius 3 is 2.53 bits per heavy atom. The molecule has 0 bridgehead atoms. The van der Waals surface area contributed by atoms with Gasteiger partial charge in [0.05, 0.1) is 0 Å². The molecular formula is C14H19N. The second-order valence-corrected chi connectivity index (χ2v) is 3.77. The van der Waals surface area contributed by atoms with Gasteiger partial charge in [-0.1, -0.05) is 18.2 Å². The second-order valence-electron chi connectivity index (χ2n) is 3.77. The van der Waals surface area contributed by atoms with Crippen LogP contribution in [0, 0.1) is 13.8 Å². The van der Waals surface area contributed by atoms with E-state index in [1.165, 1.54) is 22.4 Å². The third-order valence-electron chi connectivity index (χ3n) is 2.40. The molecule has 0 unspecified atom stereocenters. The summed E-state index contributed by atoms with van der Waals surface area (Å²) in [4.78, 5) is 0. The first-order valence-corrected chi connectivity index (χ1v) is 5.24. The van der Waals surface area contributed by atoms with Gasteiger partial charge in [0.1, 0.15) is 0 Å². The van der Waals surface area contributed by atoms with Crippen LogP contribution >= 0.6 is 0 Å². The third-order valence-corrected chi connectivity index (χ3v) is 2.40. The zero-order chi connectivity index (χ0) is 11.3. The Balaban J connectivity index is 3.07. The van der Waals surface area contributed by atoms with Crippen LogP contribution in [-0.2, 0) is 6.42 Å². The lowest BCUT2D eigenvalue weighted by atomic mass is 10.0. The molecule has 0 aliphatic rings. The van der Waals surface area contributed by atoms with Crippen LogP contribution < -0.4 is 5.32 Å². The highest BCUT2D eigenvalue weighted by atomic mass is 14.9. The fourth-order valence-electron chi connectivity index (χ4n) is 1.75. The average molecular weight is 201 g/mol. The molecular weight excluding hydrogens is 182 g/mol. The molecule has 0 amide bonds. The van der Waals surface area contributed by atoms with E-state index < -0.39 is 0 Å². The van der Waals surface area contributed by atoms with Crippen LogP contribution in [0.4, 0.5) is 5.69 Å². The zero-order valence-corrected chi connectivity index (χ0v) is 9.64. The molecule has 1 aromatic carbocycles. The lowest BCUT2D eigenvalue weighted by molar-refractivity contribution is 1.18. The van der Waals surface area contributed by atoms with E-state index in [2.05, 4.69) is 44.5 Å². The van der Waals surface area contributed by atoms with Crippen LogP contribution in [0.2, 0.25) is 0 Å². The predicted molar refractivity (Wildman–Crippen MR) is 68.5 cm³/mol. The van der Waals surface area contributed by atoms with E-state index >= 15 is 0 Å². The van der Waals surface area contributed by atoms with E-state index in [1.807, 2.05) is 12.2 Å². The first kappa shape index (κ1) is 11.6. The Kier molecular flexibility index (Phi) is 4.17. The normalized spacial score (nSPS) is 9.73. The molecule has 0 atom stereocenters. The van der Waals surface area contributed by atoms with Gasteiger partial charge in [-0.05, 0) is 43.0 Å². The second kappa shape index (κ2) is 5.40. The number of anilines is 1. The number of allylic oxidation sites excluding steroid dienone is 1. The van der Waals surface area contributed by atoms with Gasteiger partial charge in [-0.15, -0.1) is 13.2 Å². The van der Waals surface area contributed by atoms with Crippen LogP contribution in [-0.4, -0.2) is 6.54 Å². The molecule has 1 rings (SSSR count). The maximum Gasteiger partial charge on any atom is 0.0383 e. The first-order chi connectivity index (χ1) is 7.19. The summed E-state index contributed by atoms with van der Waals surface area (Å²) in [5.74, 6) is 0. The highest BCUT2D eigenvalue weighted by Crippen LogP contribution is 2.22. The van der Waals surface area contributed by atoms with Gasteiger partial charge in [-0.25, -0.2) is 0 Å². The number of hydrogen-bond donors (Lipinski definition) is 1. The molecule has 0 aliphatic heterocycles. The van der Waals surface area contributed by atoms with Crippen molar-refractivity contribution in [1.29, 1.82) is 0 Å². The van der Waals surface area contributed by atoms with Gasteiger partial charge in [-0.3, -0.25) is 0 Å². The molecule has 1 aromatic rings. The Morgan fingerprint density at radius 1 is 1.20 bits per heavy atom. The van der Waals surface area contributed by atoms with Gasteiger partial charge in [0, 0.05) is 12.2 Å². The minimum absolute atomic E-state index is 0.799. The van der Waals surface area contributed by atoms with E-state index in [-0.39, 0.29) is 0 Å². The minimum atomic E-state index is 0.799. The van der Waals surface area contributed by atoms with E-state index in [0.29, 0.717) is 0 Å². The van der Waals surface area contributed by atoms with Gasteiger partial charge in [0.25, 0.3) is 0 Å². The molecule has 0 spiro atoms. The Morgan fingerprint density at radius 2 is 1.93 bits per heavy atom. The topological polar surface area (TPSA) is 12.0 Å². The number of hydrogen-bond acceptors (Lipinski definition) is 1. The fourth-order valence-corrected chi connectivity index (χ4v) is 1.75. The van der Waals surface area contributed by atoms with Crippen LogP contribution in [0.15, 0.2) is 37.4 Å². The molecule has 1 heteroatoms. The quantitative estimate of drug-likeness (QED) is 0.717. The maximum absolute atomic E-state index is 3.79. The molecule has 15 heavy (non-hydrogen) atoms. The summed E-state index contributed by atoms with van der Waals surface area (Å²) in [6.07, 6.45) is 4.72. The van der Waals surface area contributed by atoms with Crippen molar-refractivity contribution < 1.29 is 0 Å². The van der Waals surface area contributed by atoms with Crippen molar-refractivity contribution in [1.82, 2.24) is 0 Å². The molecule has 0 aromatic heterocycles. The fraction of sp³-hybridized carbons (Fsp3) is 0.286. The van der Waals surface area contributed by atoms with Crippen molar-refractivity contribution in [2.45, 2.75) is 20.3 Å². The molecule has 0 saturated heterocycles. The standard InChI is InChI=1S/C14H19N/c1-5-7-13-12(4)9-11(3)10-14(13)15-8-6-2/h5-6,9-10,15H,1-2,7-8H2,3-4H3. The molecule has 1 N–H and O–H groups in total. The van der Waals surface area contributed by atoms with Crippen molar-refractivity contribution in [3.8, 4) is 0 Å². The van der Waals surface area contributed by atoms with Crippen molar-refractivity contribution in [3.63, 3.8) is 0 Å². The lowest BCUT2D eigenvalue weighted by Crippen LogP contribution is -2.03. The predicted octanol–water partition coefficient (Wildman–Crippen LogP) is 3.63. The SMILES string of the molecule is C=CCNc1cc(C)cc(C)c1CC=C. The summed E-state index contributed by atoms with van der Waals surface area (Å²) < 4.78 is 0. The van der Waals surface area contributed by atoms with Gasteiger partial charge in [0.15, 0.2) is 0 Å². The van der Waals surface area contributed by atoms with Crippen molar-refractivity contribution in [2.75, 3.05) is 11.9 Å². The summed E-state index contributed by atoms with van der Waals surface area (Å²) >= 11 is 0. The molecule has 1 nitrogen and oxygen atoms in total. The van der Waals surface area contributed by atoms with Crippen molar-refractivity contribution in [3.05, 3.63) is 54.1 Å². The van der Waals surface area contributed by atoms with Crippen LogP contribution in [0.25, 0.3) is 0 Å². The Labute approximate surface area is 92.5 Å². The number of benzene rings is 1. The third kappa shape index (κ3) is 2.98. The van der Waals surface area contributed by atoms with E-state index in [9.17, 15) is 0 Å². The largest absolute Gasteiger partial charge is 0.381 e. The molecule has 0 fully saturated rings. The minimum Gasteiger partial charge on any atom is -0.381 e. The molecule has 0 aliphatic carbocycles. The highest BCUT2D eigenvalue weighted by Gasteiger charge is 2.04.